The van der Waals surface area contributed by atoms with Gasteiger partial charge in [-0.2, -0.15) is 0 Å². The van der Waals surface area contributed by atoms with Crippen molar-refractivity contribution in [3.8, 4) is 17.1 Å². The predicted octanol–water partition coefficient (Wildman–Crippen LogP) is 3.71. The van der Waals surface area contributed by atoms with E-state index in [1.807, 2.05) is 67.6 Å². The molecule has 25 heavy (non-hydrogen) atoms. The first-order valence-electron chi connectivity index (χ1n) is 8.45. The molecule has 128 valence electrons. The fourth-order valence-electron chi connectivity index (χ4n) is 2.37. The van der Waals surface area contributed by atoms with Crippen LogP contribution in [0.2, 0.25) is 0 Å². The van der Waals surface area contributed by atoms with Crippen LogP contribution < -0.4 is 5.32 Å². The minimum atomic E-state index is -0.256. The van der Waals surface area contributed by atoms with Crippen LogP contribution >= 0.6 is 0 Å². The van der Waals surface area contributed by atoms with Crippen molar-refractivity contribution in [2.24, 2.45) is 5.92 Å². The highest BCUT2D eigenvalue weighted by atomic mass is 16.2. The molecule has 1 aromatic heterocycles. The van der Waals surface area contributed by atoms with Crippen LogP contribution in [0.3, 0.4) is 0 Å². The Kier molecular flexibility index (Phi) is 4.93. The lowest BCUT2D eigenvalue weighted by atomic mass is 10.1. The number of para-hydroxylation sites is 1. The third kappa shape index (κ3) is 3.76. The molecule has 1 unspecified atom stereocenters. The number of hydrogen-bond donors (Lipinski definition) is 1. The summed E-state index contributed by atoms with van der Waals surface area (Å²) in [6.07, 6.45) is 0. The van der Waals surface area contributed by atoms with Crippen LogP contribution in [0.5, 0.6) is 0 Å². The van der Waals surface area contributed by atoms with Gasteiger partial charge in [-0.25, -0.2) is 9.67 Å². The molecule has 3 aromatic rings. The van der Waals surface area contributed by atoms with E-state index in [1.54, 1.807) is 4.68 Å². The zero-order chi connectivity index (χ0) is 17.8. The summed E-state index contributed by atoms with van der Waals surface area (Å²) in [6.45, 7) is 6.11. The topological polar surface area (TPSA) is 59.8 Å². The number of amides is 1. The average molecular weight is 334 g/mol. The Morgan fingerprint density at radius 1 is 0.960 bits per heavy atom. The normalized spacial score (nSPS) is 12.2. The molecule has 1 amide bonds. The van der Waals surface area contributed by atoms with Gasteiger partial charge in [0.25, 0.3) is 5.91 Å². The van der Waals surface area contributed by atoms with Crippen LogP contribution in [0, 0.1) is 5.92 Å². The summed E-state index contributed by atoms with van der Waals surface area (Å²) >= 11 is 0. The number of nitrogens with one attached hydrogen (secondary N) is 1. The van der Waals surface area contributed by atoms with E-state index in [0.29, 0.717) is 11.7 Å². The molecule has 0 spiro atoms. The second-order valence-electron chi connectivity index (χ2n) is 6.38. The second-order valence-corrected chi connectivity index (χ2v) is 6.38. The highest BCUT2D eigenvalue weighted by Crippen LogP contribution is 2.21. The van der Waals surface area contributed by atoms with Crippen molar-refractivity contribution in [1.82, 2.24) is 20.1 Å². The summed E-state index contributed by atoms with van der Waals surface area (Å²) < 4.78 is 1.71. The Morgan fingerprint density at radius 2 is 1.56 bits per heavy atom. The molecule has 3 rings (SSSR count). The van der Waals surface area contributed by atoms with Crippen LogP contribution in [0.15, 0.2) is 60.7 Å². The molecule has 0 saturated heterocycles. The minimum absolute atomic E-state index is 0.0522. The van der Waals surface area contributed by atoms with Gasteiger partial charge in [-0.05, 0) is 25.0 Å². The largest absolute Gasteiger partial charge is 0.347 e. The van der Waals surface area contributed by atoms with Crippen molar-refractivity contribution in [2.45, 2.75) is 26.8 Å². The summed E-state index contributed by atoms with van der Waals surface area (Å²) in [5, 5.41) is 7.42. The monoisotopic (exact) mass is 334 g/mol. The summed E-state index contributed by atoms with van der Waals surface area (Å²) in [7, 11) is 0. The molecular formula is C20H22N4O. The number of carbonyl (C=O) groups is 1. The SMILES string of the molecule is CC(C)C(C)NC(=O)c1nc(-c2ccccc2)n(-c2ccccc2)n1. The van der Waals surface area contributed by atoms with Crippen LogP contribution in [0.1, 0.15) is 31.4 Å². The van der Waals surface area contributed by atoms with Gasteiger partial charge in [-0.3, -0.25) is 4.79 Å². The molecule has 5 heteroatoms. The van der Waals surface area contributed by atoms with Gasteiger partial charge in [-0.1, -0.05) is 62.4 Å². The van der Waals surface area contributed by atoms with Crippen molar-refractivity contribution in [2.75, 3.05) is 0 Å². The lowest BCUT2D eigenvalue weighted by molar-refractivity contribution is 0.0920. The Balaban J connectivity index is 2.02. The van der Waals surface area contributed by atoms with E-state index in [1.165, 1.54) is 0 Å². The molecule has 0 saturated carbocycles. The van der Waals surface area contributed by atoms with Gasteiger partial charge < -0.3 is 5.32 Å². The third-order valence-electron chi connectivity index (χ3n) is 4.20. The van der Waals surface area contributed by atoms with Gasteiger partial charge in [0.05, 0.1) is 5.69 Å². The molecule has 0 aliphatic carbocycles. The second kappa shape index (κ2) is 7.30. The lowest BCUT2D eigenvalue weighted by Crippen LogP contribution is -2.36. The molecule has 2 aromatic carbocycles. The quantitative estimate of drug-likeness (QED) is 0.774. The summed E-state index contributed by atoms with van der Waals surface area (Å²) in [6, 6.07) is 19.5. The number of benzene rings is 2. The van der Waals surface area contributed by atoms with Gasteiger partial charge in [0.2, 0.25) is 5.82 Å². The minimum Gasteiger partial charge on any atom is -0.347 e. The van der Waals surface area contributed by atoms with Crippen molar-refractivity contribution < 1.29 is 4.79 Å². The smallest absolute Gasteiger partial charge is 0.291 e. The number of aromatic nitrogens is 3. The summed E-state index contributed by atoms with van der Waals surface area (Å²) in [5.41, 5.74) is 1.78. The molecule has 0 radical (unpaired) electrons. The van der Waals surface area contributed by atoms with E-state index in [2.05, 4.69) is 29.2 Å². The third-order valence-corrected chi connectivity index (χ3v) is 4.20. The molecule has 5 nitrogen and oxygen atoms in total. The Bertz CT molecular complexity index is 784. The first kappa shape index (κ1) is 16.9. The van der Waals surface area contributed by atoms with Crippen molar-refractivity contribution in [3.63, 3.8) is 0 Å². The number of carbonyl (C=O) groups excluding carboxylic acids is 1. The van der Waals surface area contributed by atoms with Gasteiger partial charge >= 0.3 is 0 Å². The van der Waals surface area contributed by atoms with Gasteiger partial charge in [-0.15, -0.1) is 5.10 Å². The first-order chi connectivity index (χ1) is 12.1. The van der Waals surface area contributed by atoms with Crippen molar-refractivity contribution in [1.29, 1.82) is 0 Å². The highest BCUT2D eigenvalue weighted by Gasteiger charge is 2.20. The summed E-state index contributed by atoms with van der Waals surface area (Å²) in [5.74, 6) is 0.908. The maximum absolute atomic E-state index is 12.5. The van der Waals surface area contributed by atoms with Crippen LogP contribution in [0.25, 0.3) is 17.1 Å². The lowest BCUT2D eigenvalue weighted by Gasteiger charge is -2.15. The maximum atomic E-state index is 12.5. The van der Waals surface area contributed by atoms with E-state index >= 15 is 0 Å². The van der Waals surface area contributed by atoms with E-state index in [4.69, 9.17) is 0 Å². The standard InChI is InChI=1S/C20H22N4O/c1-14(2)15(3)21-20(25)18-22-19(16-10-6-4-7-11-16)24(23-18)17-12-8-5-9-13-17/h4-15H,1-3H3,(H,21,25). The Labute approximate surface area is 147 Å². The van der Waals surface area contributed by atoms with Crippen molar-refractivity contribution in [3.05, 3.63) is 66.5 Å². The van der Waals surface area contributed by atoms with Crippen LogP contribution in [-0.2, 0) is 0 Å². The molecule has 1 atom stereocenters. The number of rotatable bonds is 5. The number of nitrogens with zero attached hydrogens (tertiary/aromatic N) is 3. The van der Waals surface area contributed by atoms with Gasteiger partial charge in [0.15, 0.2) is 5.82 Å². The molecule has 1 heterocycles. The fraction of sp³-hybridized carbons (Fsp3) is 0.250. The predicted molar refractivity (Wildman–Crippen MR) is 98.6 cm³/mol. The van der Waals surface area contributed by atoms with Crippen LogP contribution in [-0.4, -0.2) is 26.7 Å². The van der Waals surface area contributed by atoms with Gasteiger partial charge in [0.1, 0.15) is 0 Å². The maximum Gasteiger partial charge on any atom is 0.291 e. The molecule has 0 aliphatic rings. The molecule has 0 bridgehead atoms. The van der Waals surface area contributed by atoms with Crippen LogP contribution in [0.4, 0.5) is 0 Å². The zero-order valence-electron chi connectivity index (χ0n) is 14.7. The molecular weight excluding hydrogens is 312 g/mol. The zero-order valence-corrected chi connectivity index (χ0v) is 14.7. The fourth-order valence-corrected chi connectivity index (χ4v) is 2.37. The number of hydrogen-bond acceptors (Lipinski definition) is 3. The molecule has 0 aliphatic heterocycles. The average Bonchev–Trinajstić information content (AvgIpc) is 3.08. The van der Waals surface area contributed by atoms with Gasteiger partial charge in [0, 0.05) is 11.6 Å². The van der Waals surface area contributed by atoms with E-state index < -0.39 is 0 Å². The van der Waals surface area contributed by atoms with E-state index in [0.717, 1.165) is 11.3 Å². The van der Waals surface area contributed by atoms with Crippen molar-refractivity contribution >= 4 is 5.91 Å². The van der Waals surface area contributed by atoms with E-state index in [-0.39, 0.29) is 17.8 Å². The Morgan fingerprint density at radius 3 is 2.16 bits per heavy atom. The molecule has 1 N–H and O–H groups in total. The Hall–Kier alpha value is -2.95. The van der Waals surface area contributed by atoms with E-state index in [9.17, 15) is 4.79 Å². The molecule has 0 fully saturated rings. The highest BCUT2D eigenvalue weighted by molar-refractivity contribution is 5.91. The summed E-state index contributed by atoms with van der Waals surface area (Å²) in [4.78, 5) is 17.0. The first-order valence-corrected chi connectivity index (χ1v) is 8.45.